The number of aryl methyl sites for hydroxylation is 1. The van der Waals surface area contributed by atoms with Crippen LogP contribution in [0.3, 0.4) is 0 Å². The number of halogens is 1. The Morgan fingerprint density at radius 2 is 1.88 bits per heavy atom. The van der Waals surface area contributed by atoms with E-state index in [1.165, 1.54) is 12.1 Å². The summed E-state index contributed by atoms with van der Waals surface area (Å²) in [5.41, 5.74) is 0.958. The van der Waals surface area contributed by atoms with Crippen molar-refractivity contribution < 1.29 is 17.9 Å². The van der Waals surface area contributed by atoms with Crippen LogP contribution >= 0.6 is 11.6 Å². The van der Waals surface area contributed by atoms with E-state index in [2.05, 4.69) is 4.74 Å². The van der Waals surface area contributed by atoms with E-state index in [1.54, 1.807) is 12.1 Å². The summed E-state index contributed by atoms with van der Waals surface area (Å²) in [5.74, 6) is -1.22. The molecule has 1 aromatic carbocycles. The van der Waals surface area contributed by atoms with Crippen molar-refractivity contribution in [2.45, 2.75) is 17.2 Å². The first-order valence-corrected chi connectivity index (χ1v) is 6.97. The number of alkyl halides is 1. The summed E-state index contributed by atoms with van der Waals surface area (Å²) >= 11 is 5.64. The van der Waals surface area contributed by atoms with Gasteiger partial charge in [-0.15, -0.1) is 11.6 Å². The van der Waals surface area contributed by atoms with Gasteiger partial charge in [-0.1, -0.05) is 17.7 Å². The first-order chi connectivity index (χ1) is 7.86. The molecule has 1 aromatic rings. The minimum atomic E-state index is -3.56. The molecule has 0 spiro atoms. The zero-order chi connectivity index (χ0) is 13.1. The smallest absolute Gasteiger partial charge is 0.324 e. The summed E-state index contributed by atoms with van der Waals surface area (Å²) in [4.78, 5) is 11.2. The average molecular weight is 277 g/mol. The van der Waals surface area contributed by atoms with Crippen LogP contribution in [0.15, 0.2) is 29.2 Å². The molecule has 0 aliphatic carbocycles. The Bertz CT molecular complexity index is 493. The SMILES string of the molecule is COC(=O)[C@@H](Cl)CS(=O)(=O)c1ccc(C)cc1. The molecule has 0 saturated carbocycles. The van der Waals surface area contributed by atoms with Crippen molar-refractivity contribution in [3.8, 4) is 0 Å². The first kappa shape index (κ1) is 14.0. The number of hydrogen-bond donors (Lipinski definition) is 0. The molecule has 4 nitrogen and oxygen atoms in total. The van der Waals surface area contributed by atoms with Gasteiger partial charge in [-0.2, -0.15) is 0 Å². The van der Waals surface area contributed by atoms with E-state index in [-0.39, 0.29) is 4.90 Å². The number of esters is 1. The zero-order valence-electron chi connectivity index (χ0n) is 9.51. The molecule has 0 aromatic heterocycles. The summed E-state index contributed by atoms with van der Waals surface area (Å²) < 4.78 is 28.1. The number of sulfone groups is 1. The fraction of sp³-hybridized carbons (Fsp3) is 0.364. The lowest BCUT2D eigenvalue weighted by molar-refractivity contribution is -0.139. The van der Waals surface area contributed by atoms with Gasteiger partial charge >= 0.3 is 5.97 Å². The zero-order valence-corrected chi connectivity index (χ0v) is 11.1. The van der Waals surface area contributed by atoms with Crippen molar-refractivity contribution in [2.24, 2.45) is 0 Å². The van der Waals surface area contributed by atoms with Gasteiger partial charge in [-0.05, 0) is 19.1 Å². The first-order valence-electron chi connectivity index (χ1n) is 4.88. The van der Waals surface area contributed by atoms with E-state index in [0.29, 0.717) is 0 Å². The number of benzene rings is 1. The third-order valence-corrected chi connectivity index (χ3v) is 4.48. The van der Waals surface area contributed by atoms with Crippen molar-refractivity contribution in [1.82, 2.24) is 0 Å². The molecule has 0 saturated heterocycles. The van der Waals surface area contributed by atoms with Crippen LogP contribution in [-0.2, 0) is 19.4 Å². The quantitative estimate of drug-likeness (QED) is 0.618. The van der Waals surface area contributed by atoms with Gasteiger partial charge in [0.25, 0.3) is 0 Å². The van der Waals surface area contributed by atoms with E-state index < -0.39 is 26.9 Å². The number of ether oxygens (including phenoxy) is 1. The highest BCUT2D eigenvalue weighted by Gasteiger charge is 2.25. The molecule has 0 unspecified atom stereocenters. The maximum Gasteiger partial charge on any atom is 0.324 e. The van der Waals surface area contributed by atoms with Gasteiger partial charge in [0, 0.05) is 0 Å². The van der Waals surface area contributed by atoms with Gasteiger partial charge < -0.3 is 4.74 Å². The van der Waals surface area contributed by atoms with Gasteiger partial charge in [0.05, 0.1) is 17.8 Å². The van der Waals surface area contributed by atoms with Crippen LogP contribution in [-0.4, -0.2) is 32.6 Å². The fourth-order valence-corrected chi connectivity index (χ4v) is 3.08. The van der Waals surface area contributed by atoms with Crippen LogP contribution in [0.4, 0.5) is 0 Å². The third kappa shape index (κ3) is 3.71. The molecule has 0 amide bonds. The number of methoxy groups -OCH3 is 1. The molecular weight excluding hydrogens is 264 g/mol. The Kier molecular flexibility index (Phi) is 4.54. The Morgan fingerprint density at radius 1 is 1.35 bits per heavy atom. The van der Waals surface area contributed by atoms with E-state index in [4.69, 9.17) is 11.6 Å². The molecule has 0 bridgehead atoms. The number of carbonyl (C=O) groups excluding carboxylic acids is 1. The van der Waals surface area contributed by atoms with Crippen molar-refractivity contribution >= 4 is 27.4 Å². The minimum Gasteiger partial charge on any atom is -0.468 e. The third-order valence-electron chi connectivity index (χ3n) is 2.20. The summed E-state index contributed by atoms with van der Waals surface area (Å²) in [6.07, 6.45) is 0. The molecule has 0 aliphatic heterocycles. The molecule has 94 valence electrons. The van der Waals surface area contributed by atoms with Gasteiger partial charge in [-0.3, -0.25) is 4.79 Å². The van der Waals surface area contributed by atoms with Crippen molar-refractivity contribution in [2.75, 3.05) is 12.9 Å². The fourth-order valence-electron chi connectivity index (χ4n) is 1.23. The number of rotatable bonds is 4. The largest absolute Gasteiger partial charge is 0.468 e. The van der Waals surface area contributed by atoms with Crippen LogP contribution in [0.25, 0.3) is 0 Å². The monoisotopic (exact) mass is 276 g/mol. The van der Waals surface area contributed by atoms with Gasteiger partial charge in [0.15, 0.2) is 9.84 Å². The minimum absolute atomic E-state index is 0.151. The topological polar surface area (TPSA) is 60.4 Å². The van der Waals surface area contributed by atoms with Gasteiger partial charge in [-0.25, -0.2) is 8.42 Å². The molecule has 0 fully saturated rings. The standard InChI is InChI=1S/C11H13ClO4S/c1-8-3-5-9(6-4-8)17(14,15)7-10(12)11(13)16-2/h3-6,10H,7H2,1-2H3/t10-/m0/s1. The molecule has 6 heteroatoms. The normalized spacial score (nSPS) is 13.1. The van der Waals surface area contributed by atoms with Crippen LogP contribution in [0.5, 0.6) is 0 Å². The molecule has 1 rings (SSSR count). The summed E-state index contributed by atoms with van der Waals surface area (Å²) in [7, 11) is -2.40. The molecular formula is C11H13ClO4S. The van der Waals surface area contributed by atoms with Gasteiger partial charge in [0.1, 0.15) is 5.38 Å². The van der Waals surface area contributed by atoms with E-state index in [0.717, 1.165) is 12.7 Å². The van der Waals surface area contributed by atoms with Crippen molar-refractivity contribution in [3.05, 3.63) is 29.8 Å². The maximum absolute atomic E-state index is 11.9. The van der Waals surface area contributed by atoms with Crippen LogP contribution in [0.1, 0.15) is 5.56 Å². The molecule has 1 atom stereocenters. The lowest BCUT2D eigenvalue weighted by atomic mass is 10.2. The highest BCUT2D eigenvalue weighted by atomic mass is 35.5. The molecule has 0 radical (unpaired) electrons. The Hall–Kier alpha value is -1.07. The Balaban J connectivity index is 2.89. The van der Waals surface area contributed by atoms with Crippen LogP contribution in [0.2, 0.25) is 0 Å². The molecule has 17 heavy (non-hydrogen) atoms. The van der Waals surface area contributed by atoms with E-state index in [1.807, 2.05) is 6.92 Å². The summed E-state index contributed by atoms with van der Waals surface area (Å²) in [6, 6.07) is 6.36. The highest BCUT2D eigenvalue weighted by molar-refractivity contribution is 7.91. The second-order valence-electron chi connectivity index (χ2n) is 3.59. The molecule has 0 N–H and O–H groups in total. The lowest BCUT2D eigenvalue weighted by Crippen LogP contribution is -2.25. The molecule has 0 aliphatic rings. The molecule has 0 heterocycles. The van der Waals surface area contributed by atoms with Gasteiger partial charge in [0.2, 0.25) is 0 Å². The second-order valence-corrected chi connectivity index (χ2v) is 6.15. The average Bonchev–Trinajstić information content (AvgIpc) is 2.27. The predicted molar refractivity (Wildman–Crippen MR) is 64.9 cm³/mol. The Morgan fingerprint density at radius 3 is 2.35 bits per heavy atom. The predicted octanol–water partition coefficient (Wildman–Crippen LogP) is 1.55. The highest BCUT2D eigenvalue weighted by Crippen LogP contribution is 2.15. The lowest BCUT2D eigenvalue weighted by Gasteiger charge is -2.08. The number of hydrogen-bond acceptors (Lipinski definition) is 4. The maximum atomic E-state index is 11.9. The summed E-state index contributed by atoms with van der Waals surface area (Å²) in [5, 5.41) is -1.19. The Labute approximate surface area is 105 Å². The van der Waals surface area contributed by atoms with Crippen molar-refractivity contribution in [1.29, 1.82) is 0 Å². The summed E-state index contributed by atoms with van der Waals surface area (Å²) in [6.45, 7) is 1.86. The number of carbonyl (C=O) groups is 1. The van der Waals surface area contributed by atoms with Crippen molar-refractivity contribution in [3.63, 3.8) is 0 Å². The van der Waals surface area contributed by atoms with E-state index in [9.17, 15) is 13.2 Å². The second kappa shape index (κ2) is 5.51. The van der Waals surface area contributed by atoms with Crippen LogP contribution < -0.4 is 0 Å². The van der Waals surface area contributed by atoms with E-state index >= 15 is 0 Å². The van der Waals surface area contributed by atoms with Crippen LogP contribution in [0, 0.1) is 6.92 Å².